The van der Waals surface area contributed by atoms with Crippen molar-refractivity contribution in [2.24, 2.45) is 11.7 Å². The highest BCUT2D eigenvalue weighted by Gasteiger charge is 2.38. The van der Waals surface area contributed by atoms with Gasteiger partial charge in [0.1, 0.15) is 23.9 Å². The van der Waals surface area contributed by atoms with Crippen LogP contribution < -0.4 is 15.9 Å². The van der Waals surface area contributed by atoms with Crippen LogP contribution in [-0.2, 0) is 25.6 Å². The Kier molecular flexibility index (Phi) is 11.8. The van der Waals surface area contributed by atoms with Crippen LogP contribution >= 0.6 is 0 Å². The number of amidine groups is 1. The largest absolute Gasteiger partial charge is 0.490 e. The number of hydrogen-bond acceptors (Lipinski definition) is 10. The van der Waals surface area contributed by atoms with Crippen molar-refractivity contribution >= 4 is 35.6 Å². The van der Waals surface area contributed by atoms with Gasteiger partial charge in [0.2, 0.25) is 17.9 Å². The zero-order chi connectivity index (χ0) is 30.8. The summed E-state index contributed by atoms with van der Waals surface area (Å²) in [5, 5.41) is 42.0. The second-order valence-corrected chi connectivity index (χ2v) is 7.71. The monoisotopic (exact) mass is 576 g/mol. The molecule has 2 aromatic rings. The number of carbonyl (C=O) groups is 5. The number of aliphatic hydroxyl groups excluding tert-OH is 1. The summed E-state index contributed by atoms with van der Waals surface area (Å²) >= 11 is 0. The molecule has 2 rings (SSSR count). The summed E-state index contributed by atoms with van der Waals surface area (Å²) in [6.07, 6.45) is -7.36. The molecular weight excluding hydrogens is 553 g/mol. The molecule has 1 heterocycles. The number of amides is 1. The Morgan fingerprint density at radius 3 is 2.08 bits per heavy atom. The lowest BCUT2D eigenvalue weighted by molar-refractivity contribution is -0.192. The molecule has 1 aromatic carbocycles. The van der Waals surface area contributed by atoms with Crippen LogP contribution in [0.15, 0.2) is 40.8 Å². The molecule has 15 nitrogen and oxygen atoms in total. The Bertz CT molecular complexity index is 1250. The molecule has 1 amide bonds. The van der Waals surface area contributed by atoms with Gasteiger partial charge in [0.15, 0.2) is 0 Å². The number of hydrazine groups is 1. The number of halogens is 3. The second-order valence-electron chi connectivity index (χ2n) is 7.71. The number of carboxylic acid groups (broad SMARTS) is 3. The summed E-state index contributed by atoms with van der Waals surface area (Å²) in [6, 6.07) is 8.72. The van der Waals surface area contributed by atoms with E-state index >= 15 is 0 Å². The van der Waals surface area contributed by atoms with Gasteiger partial charge < -0.3 is 35.3 Å². The molecule has 0 aliphatic carbocycles. The van der Waals surface area contributed by atoms with E-state index in [2.05, 4.69) is 0 Å². The summed E-state index contributed by atoms with van der Waals surface area (Å²) in [4.78, 5) is 55.2. The molecule has 0 spiro atoms. The van der Waals surface area contributed by atoms with Crippen molar-refractivity contribution in [2.45, 2.75) is 25.7 Å². The molecule has 0 bridgehead atoms. The highest BCUT2D eigenvalue weighted by Crippen LogP contribution is 2.18. The number of carboxylic acids is 3. The number of hydrogen-bond donors (Lipinski definition) is 7. The summed E-state index contributed by atoms with van der Waals surface area (Å²) in [6.45, 7) is 0.509. The van der Waals surface area contributed by atoms with Crippen LogP contribution in [0.5, 0.6) is 5.75 Å². The predicted octanol–water partition coefficient (Wildman–Crippen LogP) is 0.416. The summed E-state index contributed by atoms with van der Waals surface area (Å²) < 4.78 is 42.3. The van der Waals surface area contributed by atoms with E-state index in [-0.39, 0.29) is 29.5 Å². The normalized spacial score (nSPS) is 12.3. The summed E-state index contributed by atoms with van der Waals surface area (Å²) in [5.41, 5.74) is 7.87. The maximum absolute atomic E-state index is 12.3. The number of aliphatic hydroxyl groups is 1. The molecule has 8 N–H and O–H groups in total. The van der Waals surface area contributed by atoms with Crippen LogP contribution in [0.25, 0.3) is 0 Å². The number of aliphatic carboxylic acids is 3. The molecule has 2 atom stereocenters. The zero-order valence-electron chi connectivity index (χ0n) is 20.3. The molecule has 0 saturated heterocycles. The smallest absolute Gasteiger partial charge is 0.480 e. The highest BCUT2D eigenvalue weighted by atomic mass is 19.4. The van der Waals surface area contributed by atoms with Gasteiger partial charge in [-0.25, -0.2) is 14.4 Å². The van der Waals surface area contributed by atoms with Crippen LogP contribution in [0.3, 0.4) is 0 Å². The first-order valence-electron chi connectivity index (χ1n) is 10.7. The number of rotatable bonds is 11. The SMILES string of the molecule is CC(Cc1ccc(C(=O)Oc2ccc(C(=N)N)cc2)o1)C(=O)NN(CC(=O)O)C(O)C(=O)O.O=C(O)C(F)(F)F. The number of nitrogens with zero attached hydrogens (tertiary/aromatic N) is 1. The lowest BCUT2D eigenvalue weighted by Gasteiger charge is -2.25. The first-order chi connectivity index (χ1) is 18.4. The molecule has 0 saturated carbocycles. The van der Waals surface area contributed by atoms with Gasteiger partial charge in [-0.3, -0.25) is 20.4 Å². The van der Waals surface area contributed by atoms with Gasteiger partial charge >= 0.3 is 30.1 Å². The van der Waals surface area contributed by atoms with Crippen LogP contribution in [-0.4, -0.2) is 80.0 Å². The van der Waals surface area contributed by atoms with Gasteiger partial charge in [-0.1, -0.05) is 6.92 Å². The molecule has 0 radical (unpaired) electrons. The number of furan rings is 1. The third kappa shape index (κ3) is 10.8. The summed E-state index contributed by atoms with van der Waals surface area (Å²) in [7, 11) is 0. The van der Waals surface area contributed by atoms with E-state index in [4.69, 9.17) is 40.4 Å². The van der Waals surface area contributed by atoms with E-state index in [1.54, 1.807) is 0 Å². The minimum Gasteiger partial charge on any atom is -0.480 e. The maximum Gasteiger partial charge on any atom is 0.490 e. The molecule has 218 valence electrons. The molecule has 0 aliphatic rings. The van der Waals surface area contributed by atoms with Gasteiger partial charge in [0, 0.05) is 17.9 Å². The van der Waals surface area contributed by atoms with Gasteiger partial charge in [-0.15, -0.1) is 0 Å². The number of nitrogens with one attached hydrogen (secondary N) is 2. The van der Waals surface area contributed by atoms with Crippen molar-refractivity contribution < 1.29 is 66.7 Å². The first kappa shape index (κ1) is 33.1. The highest BCUT2D eigenvalue weighted by molar-refractivity contribution is 5.95. The van der Waals surface area contributed by atoms with Gasteiger partial charge in [-0.05, 0) is 36.4 Å². The zero-order valence-corrected chi connectivity index (χ0v) is 20.3. The number of ether oxygens (including phenoxy) is 1. The average Bonchev–Trinajstić information content (AvgIpc) is 3.31. The Morgan fingerprint density at radius 1 is 1.07 bits per heavy atom. The lowest BCUT2D eigenvalue weighted by atomic mass is 10.1. The lowest BCUT2D eigenvalue weighted by Crippen LogP contribution is -2.55. The van der Waals surface area contributed by atoms with E-state index in [1.807, 2.05) is 5.43 Å². The number of nitrogen functional groups attached to an aromatic ring is 1. The van der Waals surface area contributed by atoms with Crippen molar-refractivity contribution in [2.75, 3.05) is 6.54 Å². The van der Waals surface area contributed by atoms with Crippen LogP contribution in [0.4, 0.5) is 13.2 Å². The molecule has 2 unspecified atom stereocenters. The number of esters is 1. The number of benzene rings is 1. The van der Waals surface area contributed by atoms with Crippen LogP contribution in [0.1, 0.15) is 28.8 Å². The van der Waals surface area contributed by atoms with Gasteiger partial charge in [0.25, 0.3) is 0 Å². The minimum atomic E-state index is -5.08. The van der Waals surface area contributed by atoms with E-state index < -0.39 is 54.7 Å². The first-order valence-corrected chi connectivity index (χ1v) is 10.7. The van der Waals surface area contributed by atoms with Crippen molar-refractivity contribution in [3.05, 3.63) is 53.5 Å². The van der Waals surface area contributed by atoms with Crippen LogP contribution in [0, 0.1) is 11.3 Å². The fraction of sp³-hybridized carbons (Fsp3) is 0.273. The molecule has 18 heteroatoms. The van der Waals surface area contributed by atoms with Gasteiger partial charge in [-0.2, -0.15) is 18.2 Å². The molecule has 0 fully saturated rings. The molecule has 40 heavy (non-hydrogen) atoms. The van der Waals surface area contributed by atoms with Crippen molar-refractivity contribution in [1.29, 1.82) is 5.41 Å². The van der Waals surface area contributed by atoms with E-state index in [9.17, 15) is 37.5 Å². The topological polar surface area (TPSA) is 254 Å². The number of nitrogens with two attached hydrogens (primary N) is 1. The Morgan fingerprint density at radius 2 is 1.62 bits per heavy atom. The third-order valence-corrected chi connectivity index (χ3v) is 4.51. The Hall–Kier alpha value is -4.97. The van der Waals surface area contributed by atoms with Crippen molar-refractivity contribution in [3.63, 3.8) is 0 Å². The molecular formula is C22H23F3N4O11. The Balaban J connectivity index is 0.00000101. The predicted molar refractivity (Wildman–Crippen MR) is 124 cm³/mol. The van der Waals surface area contributed by atoms with E-state index in [1.165, 1.54) is 43.3 Å². The van der Waals surface area contributed by atoms with Crippen molar-refractivity contribution in [3.8, 4) is 5.75 Å². The fourth-order valence-corrected chi connectivity index (χ4v) is 2.57. The minimum absolute atomic E-state index is 0.0174. The van der Waals surface area contributed by atoms with Crippen LogP contribution in [0.2, 0.25) is 0 Å². The Labute approximate surface area is 222 Å². The quantitative estimate of drug-likeness (QED) is 0.0478. The molecule has 0 aliphatic heterocycles. The van der Waals surface area contributed by atoms with Crippen molar-refractivity contribution in [1.82, 2.24) is 10.4 Å². The second kappa shape index (κ2) is 14.3. The maximum atomic E-state index is 12.3. The summed E-state index contributed by atoms with van der Waals surface area (Å²) in [5.74, 6) is -8.21. The number of alkyl halides is 3. The number of carbonyl (C=O) groups excluding carboxylic acids is 2. The average molecular weight is 576 g/mol. The standard InChI is InChI=1S/C20H22N4O9.C2HF3O2/c1-10(17(27)23-24(9-15(25)26)18(28)19(29)30)8-13-6-7-14(32-13)20(31)33-12-4-2-11(3-5-12)16(21)22;3-2(4,5)1(6)7/h2-7,10,18,28H,8-9H2,1H3,(H3,21,22)(H,23,27)(H,25,26)(H,29,30);(H,6,7). The molecule has 1 aromatic heterocycles. The van der Waals surface area contributed by atoms with E-state index in [0.29, 0.717) is 10.6 Å². The third-order valence-electron chi connectivity index (χ3n) is 4.51. The van der Waals surface area contributed by atoms with Gasteiger partial charge in [0.05, 0.1) is 0 Å². The fourth-order valence-electron chi connectivity index (χ4n) is 2.57. The van der Waals surface area contributed by atoms with E-state index in [0.717, 1.165) is 0 Å².